The van der Waals surface area contributed by atoms with E-state index >= 15 is 0 Å². The molecule has 2 heterocycles. The van der Waals surface area contributed by atoms with Crippen molar-refractivity contribution in [3.8, 4) is 5.75 Å². The number of phenolic OH excluding ortho intramolecular Hbond substituents is 1. The minimum Gasteiger partial charge on any atom is -0.508 e. The third-order valence-corrected chi connectivity index (χ3v) is 4.63. The largest absolute Gasteiger partial charge is 0.508 e. The number of H-pyrrole nitrogens is 1. The molecular formula is C16H17N3O2. The normalized spacial score (nSPS) is 18.6. The van der Waals surface area contributed by atoms with Crippen LogP contribution in [0.5, 0.6) is 5.75 Å². The number of nitrogens with one attached hydrogen (secondary N) is 1. The lowest BCUT2D eigenvalue weighted by atomic mass is 9.86. The number of aromatic hydroxyl groups is 1. The average Bonchev–Trinajstić information content (AvgIpc) is 3.04. The van der Waals surface area contributed by atoms with Crippen molar-refractivity contribution < 1.29 is 9.90 Å². The molecule has 2 aromatic rings. The first kappa shape index (κ1) is 12.4. The van der Waals surface area contributed by atoms with Crippen molar-refractivity contribution in [1.29, 1.82) is 0 Å². The van der Waals surface area contributed by atoms with Crippen molar-refractivity contribution in [2.45, 2.75) is 31.2 Å². The average molecular weight is 283 g/mol. The molecule has 21 heavy (non-hydrogen) atoms. The van der Waals surface area contributed by atoms with Crippen LogP contribution in [-0.2, 0) is 23.2 Å². The Balaban J connectivity index is 1.60. The summed E-state index contributed by atoms with van der Waals surface area (Å²) in [6, 6.07) is 7.36. The second-order valence-corrected chi connectivity index (χ2v) is 6.13. The molecule has 1 spiro atoms. The number of hydrogen-bond donors (Lipinski definition) is 2. The van der Waals surface area contributed by atoms with Gasteiger partial charge in [-0.05, 0) is 42.2 Å². The van der Waals surface area contributed by atoms with Crippen molar-refractivity contribution in [2.24, 2.45) is 0 Å². The van der Waals surface area contributed by atoms with Crippen molar-refractivity contribution in [3.63, 3.8) is 0 Å². The Hall–Kier alpha value is -2.30. The van der Waals surface area contributed by atoms with Crippen LogP contribution >= 0.6 is 0 Å². The van der Waals surface area contributed by atoms with Gasteiger partial charge in [-0.2, -0.15) is 5.10 Å². The minimum atomic E-state index is 0.0793. The molecule has 1 aromatic heterocycles. The smallest absolute Gasteiger partial charge is 0.228 e. The van der Waals surface area contributed by atoms with Crippen LogP contribution in [0.3, 0.4) is 0 Å². The predicted octanol–water partition coefficient (Wildman–Crippen LogP) is 1.73. The summed E-state index contributed by atoms with van der Waals surface area (Å²) < 4.78 is 0. The van der Waals surface area contributed by atoms with Gasteiger partial charge in [-0.15, -0.1) is 0 Å². The van der Waals surface area contributed by atoms with Gasteiger partial charge in [0.15, 0.2) is 0 Å². The topological polar surface area (TPSA) is 69.2 Å². The number of fused-ring (bicyclic) bond motifs is 2. The fraction of sp³-hybridized carbons (Fsp3) is 0.375. The van der Waals surface area contributed by atoms with Gasteiger partial charge in [0.1, 0.15) is 5.75 Å². The second-order valence-electron chi connectivity index (χ2n) is 6.13. The first-order chi connectivity index (χ1) is 10.2. The zero-order valence-electron chi connectivity index (χ0n) is 11.7. The molecule has 1 aromatic carbocycles. The third-order valence-electron chi connectivity index (χ3n) is 4.63. The first-order valence-electron chi connectivity index (χ1n) is 7.25. The quantitative estimate of drug-likeness (QED) is 0.882. The number of rotatable bonds is 2. The van der Waals surface area contributed by atoms with E-state index in [0.29, 0.717) is 18.7 Å². The fourth-order valence-electron chi connectivity index (χ4n) is 3.32. The van der Waals surface area contributed by atoms with E-state index in [4.69, 9.17) is 0 Å². The highest BCUT2D eigenvalue weighted by molar-refractivity contribution is 5.79. The van der Waals surface area contributed by atoms with Crippen LogP contribution in [0.25, 0.3) is 0 Å². The van der Waals surface area contributed by atoms with E-state index in [2.05, 4.69) is 10.2 Å². The van der Waals surface area contributed by atoms with Crippen LogP contribution in [0.1, 0.15) is 29.7 Å². The second kappa shape index (κ2) is 4.35. The summed E-state index contributed by atoms with van der Waals surface area (Å²) in [4.78, 5) is 14.4. The third kappa shape index (κ3) is 2.09. The molecule has 2 N–H and O–H groups in total. The number of aromatic nitrogens is 2. The van der Waals surface area contributed by atoms with E-state index in [0.717, 1.165) is 30.6 Å². The molecule has 4 rings (SSSR count). The zero-order valence-corrected chi connectivity index (χ0v) is 11.7. The number of carbonyl (C=O) groups excluding carboxylic acids is 1. The monoisotopic (exact) mass is 283 g/mol. The highest BCUT2D eigenvalue weighted by Crippen LogP contribution is 2.53. The molecule has 5 heteroatoms. The molecule has 0 bridgehead atoms. The SMILES string of the molecule is O=C(Cc1ccn[nH]1)N1Cc2ccc(O)cc2C2(CC2)C1. The molecular weight excluding hydrogens is 266 g/mol. The standard InChI is InChI=1S/C16H17N3O2/c20-13-2-1-11-9-19(10-16(4-5-16)14(11)8-13)15(21)7-12-3-6-17-18-12/h1-3,6,8,20H,4-5,7,9-10H2,(H,17,18). The zero-order chi connectivity index (χ0) is 14.4. The molecule has 0 radical (unpaired) electrons. The van der Waals surface area contributed by atoms with Crippen molar-refractivity contribution in [1.82, 2.24) is 15.1 Å². The molecule has 108 valence electrons. The van der Waals surface area contributed by atoms with Crippen LogP contribution < -0.4 is 0 Å². The number of amides is 1. The predicted molar refractivity (Wildman–Crippen MR) is 76.7 cm³/mol. The molecule has 1 aliphatic heterocycles. The molecule has 0 saturated heterocycles. The van der Waals surface area contributed by atoms with Crippen LogP contribution in [0.4, 0.5) is 0 Å². The summed E-state index contributed by atoms with van der Waals surface area (Å²) in [5.41, 5.74) is 3.32. The Labute approximate surface area is 122 Å². The number of hydrogen-bond acceptors (Lipinski definition) is 3. The lowest BCUT2D eigenvalue weighted by Gasteiger charge is -2.35. The summed E-state index contributed by atoms with van der Waals surface area (Å²) in [5, 5.41) is 16.4. The Morgan fingerprint density at radius 1 is 1.38 bits per heavy atom. The molecule has 1 amide bonds. The highest BCUT2D eigenvalue weighted by Gasteiger charge is 2.50. The number of phenols is 1. The van der Waals surface area contributed by atoms with E-state index in [1.54, 1.807) is 12.3 Å². The highest BCUT2D eigenvalue weighted by atomic mass is 16.3. The Morgan fingerprint density at radius 3 is 2.95 bits per heavy atom. The van der Waals surface area contributed by atoms with E-state index in [1.165, 1.54) is 5.56 Å². The maximum atomic E-state index is 12.5. The Bertz CT molecular complexity index is 690. The van der Waals surface area contributed by atoms with Crippen LogP contribution in [0.2, 0.25) is 0 Å². The van der Waals surface area contributed by atoms with Gasteiger partial charge in [0, 0.05) is 30.4 Å². The van der Waals surface area contributed by atoms with Gasteiger partial charge in [0.05, 0.1) is 6.42 Å². The van der Waals surface area contributed by atoms with Gasteiger partial charge in [0.25, 0.3) is 0 Å². The van der Waals surface area contributed by atoms with Crippen molar-refractivity contribution in [2.75, 3.05) is 6.54 Å². The van der Waals surface area contributed by atoms with Crippen molar-refractivity contribution >= 4 is 5.91 Å². The van der Waals surface area contributed by atoms with Crippen molar-refractivity contribution in [3.05, 3.63) is 47.3 Å². The molecule has 2 aliphatic rings. The van der Waals surface area contributed by atoms with Crippen LogP contribution in [-0.4, -0.2) is 32.7 Å². The Morgan fingerprint density at radius 2 is 2.24 bits per heavy atom. The maximum Gasteiger partial charge on any atom is 0.228 e. The number of nitrogens with zero attached hydrogens (tertiary/aromatic N) is 2. The van der Waals surface area contributed by atoms with E-state index < -0.39 is 0 Å². The van der Waals surface area contributed by atoms with E-state index in [-0.39, 0.29) is 11.3 Å². The van der Waals surface area contributed by atoms with Gasteiger partial charge in [-0.3, -0.25) is 9.89 Å². The number of aromatic amines is 1. The minimum absolute atomic E-state index is 0.0793. The maximum absolute atomic E-state index is 12.5. The van der Waals surface area contributed by atoms with Crippen LogP contribution in [0, 0.1) is 0 Å². The fourth-order valence-corrected chi connectivity index (χ4v) is 3.32. The summed E-state index contributed by atoms with van der Waals surface area (Å²) in [6.45, 7) is 1.39. The first-order valence-corrected chi connectivity index (χ1v) is 7.25. The lowest BCUT2D eigenvalue weighted by Crippen LogP contribution is -2.42. The summed E-state index contributed by atoms with van der Waals surface area (Å²) >= 11 is 0. The number of benzene rings is 1. The summed E-state index contributed by atoms with van der Waals surface area (Å²) in [6.07, 6.45) is 4.22. The van der Waals surface area contributed by atoms with E-state index in [9.17, 15) is 9.90 Å². The van der Waals surface area contributed by atoms with Gasteiger partial charge in [-0.25, -0.2) is 0 Å². The molecule has 5 nitrogen and oxygen atoms in total. The van der Waals surface area contributed by atoms with Crippen LogP contribution in [0.15, 0.2) is 30.5 Å². The molecule has 1 saturated carbocycles. The molecule has 0 unspecified atom stereocenters. The number of carbonyl (C=O) groups is 1. The van der Waals surface area contributed by atoms with Gasteiger partial charge >= 0.3 is 0 Å². The summed E-state index contributed by atoms with van der Waals surface area (Å²) in [5.74, 6) is 0.446. The summed E-state index contributed by atoms with van der Waals surface area (Å²) in [7, 11) is 0. The van der Waals surface area contributed by atoms with Gasteiger partial charge in [0.2, 0.25) is 5.91 Å². The molecule has 0 atom stereocenters. The Kier molecular flexibility index (Phi) is 2.58. The van der Waals surface area contributed by atoms with Gasteiger partial charge in [-0.1, -0.05) is 6.07 Å². The van der Waals surface area contributed by atoms with Gasteiger partial charge < -0.3 is 10.0 Å². The molecule has 1 aliphatic carbocycles. The molecule has 1 fully saturated rings. The van der Waals surface area contributed by atoms with E-state index in [1.807, 2.05) is 23.1 Å². The lowest BCUT2D eigenvalue weighted by molar-refractivity contribution is -0.132.